The molecule has 2 aromatic heterocycles. The molecule has 9 nitrogen and oxygen atoms in total. The summed E-state index contributed by atoms with van der Waals surface area (Å²) in [6, 6.07) is 1.81. The standard InChI is InChI=1S/C18H25N7O2/c1-22-16-3-6-25(11-14(16)15(13-26)21-22)17(27)12-23-7-9-24(10-8-23)18-19-4-2-5-20-18/h2,4-5,26H,3,6-13H2,1H3. The number of piperazine rings is 1. The lowest BCUT2D eigenvalue weighted by Crippen LogP contribution is -2.51. The number of carbonyl (C=O) groups excluding carboxylic acids is 1. The van der Waals surface area contributed by atoms with E-state index in [4.69, 9.17) is 0 Å². The van der Waals surface area contributed by atoms with E-state index in [9.17, 15) is 9.90 Å². The lowest BCUT2D eigenvalue weighted by Gasteiger charge is -2.36. The van der Waals surface area contributed by atoms with Gasteiger partial charge in [-0.05, 0) is 6.07 Å². The Kier molecular flexibility index (Phi) is 5.04. The maximum atomic E-state index is 12.8. The third-order valence-corrected chi connectivity index (χ3v) is 5.39. The maximum absolute atomic E-state index is 12.8. The number of aliphatic hydroxyl groups is 1. The van der Waals surface area contributed by atoms with Gasteiger partial charge in [0, 0.05) is 76.4 Å². The van der Waals surface area contributed by atoms with E-state index in [2.05, 4.69) is 24.9 Å². The summed E-state index contributed by atoms with van der Waals surface area (Å²) in [5.74, 6) is 0.887. The van der Waals surface area contributed by atoms with Crippen molar-refractivity contribution in [2.75, 3.05) is 44.2 Å². The second-order valence-electron chi connectivity index (χ2n) is 7.03. The number of hydrogen-bond donors (Lipinski definition) is 1. The lowest BCUT2D eigenvalue weighted by atomic mass is 10.1. The van der Waals surface area contributed by atoms with E-state index in [1.807, 2.05) is 22.7 Å². The molecule has 4 rings (SSSR count). The summed E-state index contributed by atoms with van der Waals surface area (Å²) >= 11 is 0. The van der Waals surface area contributed by atoms with Crippen molar-refractivity contribution in [1.82, 2.24) is 29.5 Å². The van der Waals surface area contributed by atoms with Gasteiger partial charge in [0.2, 0.25) is 11.9 Å². The summed E-state index contributed by atoms with van der Waals surface area (Å²) in [6.07, 6.45) is 4.29. The highest BCUT2D eigenvalue weighted by Gasteiger charge is 2.28. The van der Waals surface area contributed by atoms with Crippen molar-refractivity contribution in [3.8, 4) is 0 Å². The molecule has 1 amide bonds. The number of fused-ring (bicyclic) bond motifs is 1. The van der Waals surface area contributed by atoms with Crippen LogP contribution in [0.1, 0.15) is 17.0 Å². The monoisotopic (exact) mass is 371 g/mol. The van der Waals surface area contributed by atoms with Crippen LogP contribution in [-0.4, -0.2) is 79.8 Å². The molecule has 27 heavy (non-hydrogen) atoms. The molecule has 144 valence electrons. The van der Waals surface area contributed by atoms with Gasteiger partial charge in [-0.15, -0.1) is 0 Å². The molecule has 0 atom stereocenters. The first kappa shape index (κ1) is 17.9. The Morgan fingerprint density at radius 2 is 1.89 bits per heavy atom. The van der Waals surface area contributed by atoms with E-state index in [-0.39, 0.29) is 12.5 Å². The molecule has 2 aliphatic heterocycles. The Morgan fingerprint density at radius 3 is 2.59 bits per heavy atom. The number of amides is 1. The Balaban J connectivity index is 1.32. The predicted octanol–water partition coefficient (Wildman–Crippen LogP) is -0.591. The van der Waals surface area contributed by atoms with Gasteiger partial charge in [-0.3, -0.25) is 14.4 Å². The largest absolute Gasteiger partial charge is 0.390 e. The zero-order valence-corrected chi connectivity index (χ0v) is 15.6. The molecule has 0 spiro atoms. The normalized spacial score (nSPS) is 17.9. The number of aliphatic hydroxyl groups excluding tert-OH is 1. The molecule has 0 unspecified atom stereocenters. The van der Waals surface area contributed by atoms with Crippen molar-refractivity contribution in [1.29, 1.82) is 0 Å². The van der Waals surface area contributed by atoms with Crippen LogP contribution in [-0.2, 0) is 31.4 Å². The predicted molar refractivity (Wildman–Crippen MR) is 98.9 cm³/mol. The second kappa shape index (κ2) is 7.61. The fraction of sp³-hybridized carbons (Fsp3) is 0.556. The fourth-order valence-corrected chi connectivity index (χ4v) is 3.86. The maximum Gasteiger partial charge on any atom is 0.237 e. The molecule has 1 fully saturated rings. The molecule has 0 saturated carbocycles. The number of aromatic nitrogens is 4. The van der Waals surface area contributed by atoms with Crippen molar-refractivity contribution in [3.63, 3.8) is 0 Å². The summed E-state index contributed by atoms with van der Waals surface area (Å²) in [7, 11) is 1.89. The van der Waals surface area contributed by atoms with Gasteiger partial charge in [-0.25, -0.2) is 9.97 Å². The van der Waals surface area contributed by atoms with Gasteiger partial charge < -0.3 is 14.9 Å². The van der Waals surface area contributed by atoms with E-state index < -0.39 is 0 Å². The van der Waals surface area contributed by atoms with Crippen LogP contribution in [0.15, 0.2) is 18.5 Å². The van der Waals surface area contributed by atoms with Crippen LogP contribution in [0.4, 0.5) is 5.95 Å². The Hall–Kier alpha value is -2.52. The van der Waals surface area contributed by atoms with Crippen molar-refractivity contribution < 1.29 is 9.90 Å². The van der Waals surface area contributed by atoms with Crippen molar-refractivity contribution >= 4 is 11.9 Å². The van der Waals surface area contributed by atoms with Crippen LogP contribution in [0.3, 0.4) is 0 Å². The van der Waals surface area contributed by atoms with Crippen molar-refractivity contribution in [2.24, 2.45) is 7.05 Å². The first-order valence-electron chi connectivity index (χ1n) is 9.32. The first-order valence-corrected chi connectivity index (χ1v) is 9.32. The van der Waals surface area contributed by atoms with Crippen LogP contribution in [0.5, 0.6) is 0 Å². The minimum atomic E-state index is -0.0886. The Labute approximate surface area is 158 Å². The Bertz CT molecular complexity index is 800. The van der Waals surface area contributed by atoms with Gasteiger partial charge in [0.1, 0.15) is 0 Å². The zero-order valence-electron chi connectivity index (χ0n) is 15.6. The summed E-state index contributed by atoms with van der Waals surface area (Å²) < 4.78 is 1.83. The highest BCUT2D eigenvalue weighted by atomic mass is 16.3. The summed E-state index contributed by atoms with van der Waals surface area (Å²) in [6.45, 7) is 4.85. The van der Waals surface area contributed by atoms with Gasteiger partial charge in [-0.1, -0.05) is 0 Å². The summed E-state index contributed by atoms with van der Waals surface area (Å²) in [5.41, 5.74) is 2.81. The third kappa shape index (κ3) is 3.65. The molecule has 0 radical (unpaired) electrons. The van der Waals surface area contributed by atoms with E-state index in [1.165, 1.54) is 0 Å². The van der Waals surface area contributed by atoms with E-state index in [1.54, 1.807) is 12.4 Å². The average molecular weight is 371 g/mol. The molecular weight excluding hydrogens is 346 g/mol. The first-order chi connectivity index (χ1) is 13.2. The number of rotatable bonds is 4. The zero-order chi connectivity index (χ0) is 18.8. The number of carbonyl (C=O) groups is 1. The van der Waals surface area contributed by atoms with Gasteiger partial charge in [0.15, 0.2) is 0 Å². The van der Waals surface area contributed by atoms with Gasteiger partial charge in [0.25, 0.3) is 0 Å². The highest BCUT2D eigenvalue weighted by molar-refractivity contribution is 5.78. The third-order valence-electron chi connectivity index (χ3n) is 5.39. The SMILES string of the molecule is Cn1nc(CO)c2c1CCN(C(=O)CN1CCN(c3ncccn3)CC1)C2. The molecule has 9 heteroatoms. The number of aryl methyl sites for hydroxylation is 1. The Morgan fingerprint density at radius 1 is 1.15 bits per heavy atom. The highest BCUT2D eigenvalue weighted by Crippen LogP contribution is 2.22. The molecule has 0 aliphatic carbocycles. The van der Waals surface area contributed by atoms with E-state index in [0.717, 1.165) is 49.8 Å². The van der Waals surface area contributed by atoms with E-state index in [0.29, 0.717) is 25.3 Å². The molecule has 1 N–H and O–H groups in total. The number of nitrogens with zero attached hydrogens (tertiary/aromatic N) is 7. The van der Waals surface area contributed by atoms with E-state index >= 15 is 0 Å². The van der Waals surface area contributed by atoms with Crippen LogP contribution in [0, 0.1) is 0 Å². The summed E-state index contributed by atoms with van der Waals surface area (Å²) in [5, 5.41) is 13.9. The average Bonchev–Trinajstić information content (AvgIpc) is 3.04. The van der Waals surface area contributed by atoms with Crippen LogP contribution in [0.2, 0.25) is 0 Å². The molecule has 2 aromatic rings. The number of anilines is 1. The fourth-order valence-electron chi connectivity index (χ4n) is 3.86. The summed E-state index contributed by atoms with van der Waals surface area (Å²) in [4.78, 5) is 27.6. The molecule has 0 bridgehead atoms. The van der Waals surface area contributed by atoms with Crippen LogP contribution < -0.4 is 4.90 Å². The van der Waals surface area contributed by atoms with Gasteiger partial charge >= 0.3 is 0 Å². The molecular formula is C18H25N7O2. The lowest BCUT2D eigenvalue weighted by molar-refractivity contribution is -0.133. The molecule has 0 aromatic carbocycles. The molecule has 2 aliphatic rings. The van der Waals surface area contributed by atoms with Gasteiger partial charge in [0.05, 0.1) is 18.8 Å². The minimum absolute atomic E-state index is 0.0886. The topological polar surface area (TPSA) is 90.6 Å². The van der Waals surface area contributed by atoms with Crippen molar-refractivity contribution in [2.45, 2.75) is 19.6 Å². The minimum Gasteiger partial charge on any atom is -0.390 e. The second-order valence-corrected chi connectivity index (χ2v) is 7.03. The number of hydrogen-bond acceptors (Lipinski definition) is 7. The van der Waals surface area contributed by atoms with Crippen molar-refractivity contribution in [3.05, 3.63) is 35.4 Å². The molecule has 4 heterocycles. The molecule has 1 saturated heterocycles. The quantitative estimate of drug-likeness (QED) is 0.768. The smallest absolute Gasteiger partial charge is 0.237 e. The van der Waals surface area contributed by atoms with Crippen LogP contribution >= 0.6 is 0 Å². The van der Waals surface area contributed by atoms with Crippen LogP contribution in [0.25, 0.3) is 0 Å². The van der Waals surface area contributed by atoms with Gasteiger partial charge in [-0.2, -0.15) is 5.10 Å².